The first kappa shape index (κ1) is 14.0. The van der Waals surface area contributed by atoms with Crippen molar-refractivity contribution in [1.29, 1.82) is 0 Å². The standard InChI is InChI=1S/C16H25N/c1-13(2)15(12-17-16(3,4)5)11-14-9-7-6-8-10-14/h6-11,13,17H,12H2,1-5H3. The molecule has 0 aliphatic rings. The maximum absolute atomic E-state index is 3.56. The second kappa shape index (κ2) is 6.02. The Bertz CT molecular complexity index is 355. The van der Waals surface area contributed by atoms with Gasteiger partial charge < -0.3 is 5.32 Å². The summed E-state index contributed by atoms with van der Waals surface area (Å²) in [4.78, 5) is 0. The minimum atomic E-state index is 0.171. The summed E-state index contributed by atoms with van der Waals surface area (Å²) in [6, 6.07) is 10.5. The molecule has 0 radical (unpaired) electrons. The van der Waals surface area contributed by atoms with E-state index in [2.05, 4.69) is 76.3 Å². The van der Waals surface area contributed by atoms with E-state index in [1.807, 2.05) is 0 Å². The van der Waals surface area contributed by atoms with Crippen molar-refractivity contribution in [2.24, 2.45) is 5.92 Å². The molecule has 1 aromatic carbocycles. The van der Waals surface area contributed by atoms with E-state index in [1.165, 1.54) is 11.1 Å². The molecule has 1 rings (SSSR count). The normalized spacial score (nSPS) is 13.2. The molecule has 1 nitrogen and oxygen atoms in total. The van der Waals surface area contributed by atoms with E-state index in [0.717, 1.165) is 6.54 Å². The average Bonchev–Trinajstić information content (AvgIpc) is 2.24. The quantitative estimate of drug-likeness (QED) is 0.822. The fraction of sp³-hybridized carbons (Fsp3) is 0.500. The lowest BCUT2D eigenvalue weighted by atomic mass is 9.99. The topological polar surface area (TPSA) is 12.0 Å². The Labute approximate surface area is 106 Å². The van der Waals surface area contributed by atoms with Gasteiger partial charge >= 0.3 is 0 Å². The Morgan fingerprint density at radius 3 is 2.24 bits per heavy atom. The van der Waals surface area contributed by atoms with Crippen LogP contribution in [0.4, 0.5) is 0 Å². The number of hydrogen-bond acceptors (Lipinski definition) is 1. The number of hydrogen-bond donors (Lipinski definition) is 1. The van der Waals surface area contributed by atoms with Gasteiger partial charge in [0.05, 0.1) is 0 Å². The van der Waals surface area contributed by atoms with Gasteiger partial charge in [0.2, 0.25) is 0 Å². The Balaban J connectivity index is 2.76. The summed E-state index contributed by atoms with van der Waals surface area (Å²) in [5.41, 5.74) is 2.91. The molecular formula is C16H25N. The van der Waals surface area contributed by atoms with Crippen LogP contribution in [0.15, 0.2) is 35.9 Å². The van der Waals surface area contributed by atoms with Crippen LogP contribution in [0.25, 0.3) is 6.08 Å². The smallest absolute Gasteiger partial charge is 0.0175 e. The summed E-state index contributed by atoms with van der Waals surface area (Å²) < 4.78 is 0. The molecule has 0 aromatic heterocycles. The lowest BCUT2D eigenvalue weighted by Crippen LogP contribution is -2.37. The van der Waals surface area contributed by atoms with Crippen LogP contribution in [-0.4, -0.2) is 12.1 Å². The molecule has 17 heavy (non-hydrogen) atoms. The monoisotopic (exact) mass is 231 g/mol. The maximum atomic E-state index is 3.56. The predicted octanol–water partition coefficient (Wildman–Crippen LogP) is 4.11. The van der Waals surface area contributed by atoms with Gasteiger partial charge in [-0.15, -0.1) is 0 Å². The van der Waals surface area contributed by atoms with E-state index in [-0.39, 0.29) is 5.54 Å². The third kappa shape index (κ3) is 5.69. The average molecular weight is 231 g/mol. The highest BCUT2D eigenvalue weighted by Crippen LogP contribution is 2.15. The minimum absolute atomic E-state index is 0.171. The lowest BCUT2D eigenvalue weighted by molar-refractivity contribution is 0.437. The molecule has 0 bridgehead atoms. The molecule has 0 unspecified atom stereocenters. The molecule has 0 spiro atoms. The zero-order chi connectivity index (χ0) is 12.9. The van der Waals surface area contributed by atoms with E-state index < -0.39 is 0 Å². The van der Waals surface area contributed by atoms with Gasteiger partial charge in [-0.1, -0.05) is 55.8 Å². The van der Waals surface area contributed by atoms with E-state index in [1.54, 1.807) is 0 Å². The molecule has 0 saturated carbocycles. The van der Waals surface area contributed by atoms with Crippen LogP contribution in [0.3, 0.4) is 0 Å². The number of rotatable bonds is 4. The van der Waals surface area contributed by atoms with Crippen LogP contribution < -0.4 is 5.32 Å². The largest absolute Gasteiger partial charge is 0.308 e. The van der Waals surface area contributed by atoms with Crippen molar-refractivity contribution in [3.05, 3.63) is 41.5 Å². The number of benzene rings is 1. The van der Waals surface area contributed by atoms with Gasteiger partial charge in [-0.2, -0.15) is 0 Å². The van der Waals surface area contributed by atoms with Gasteiger partial charge in [0.1, 0.15) is 0 Å². The van der Waals surface area contributed by atoms with E-state index in [4.69, 9.17) is 0 Å². The van der Waals surface area contributed by atoms with E-state index in [9.17, 15) is 0 Å². The van der Waals surface area contributed by atoms with Crippen LogP contribution >= 0.6 is 0 Å². The molecule has 94 valence electrons. The van der Waals surface area contributed by atoms with Gasteiger partial charge in [0.15, 0.2) is 0 Å². The first-order chi connectivity index (χ1) is 7.88. The van der Waals surface area contributed by atoms with Gasteiger partial charge in [-0.05, 0) is 32.3 Å². The Morgan fingerprint density at radius 2 is 1.76 bits per heavy atom. The van der Waals surface area contributed by atoms with Crippen LogP contribution in [0.5, 0.6) is 0 Å². The maximum Gasteiger partial charge on any atom is 0.0175 e. The second-order valence-corrected chi connectivity index (χ2v) is 5.89. The van der Waals surface area contributed by atoms with Crippen molar-refractivity contribution in [1.82, 2.24) is 5.32 Å². The molecule has 0 aliphatic heterocycles. The molecule has 0 atom stereocenters. The Kier molecular flexibility index (Phi) is 4.95. The molecule has 1 aromatic rings. The van der Waals surface area contributed by atoms with Gasteiger partial charge in [-0.25, -0.2) is 0 Å². The van der Waals surface area contributed by atoms with Gasteiger partial charge in [0, 0.05) is 12.1 Å². The molecule has 0 saturated heterocycles. The van der Waals surface area contributed by atoms with Crippen molar-refractivity contribution < 1.29 is 0 Å². The van der Waals surface area contributed by atoms with Crippen molar-refractivity contribution in [3.63, 3.8) is 0 Å². The summed E-state index contributed by atoms with van der Waals surface area (Å²) >= 11 is 0. The van der Waals surface area contributed by atoms with Gasteiger partial charge in [0.25, 0.3) is 0 Å². The highest BCUT2D eigenvalue weighted by molar-refractivity contribution is 5.53. The molecule has 0 amide bonds. The van der Waals surface area contributed by atoms with Crippen LogP contribution in [0.2, 0.25) is 0 Å². The molecule has 0 heterocycles. The minimum Gasteiger partial charge on any atom is -0.308 e. The summed E-state index contributed by atoms with van der Waals surface area (Å²) in [6.07, 6.45) is 2.30. The molecule has 0 aliphatic carbocycles. The SMILES string of the molecule is CC(C)C(=Cc1ccccc1)CNC(C)(C)C. The third-order valence-electron chi connectivity index (χ3n) is 2.72. The van der Waals surface area contributed by atoms with Crippen LogP contribution in [0.1, 0.15) is 40.2 Å². The Morgan fingerprint density at radius 1 is 1.18 bits per heavy atom. The zero-order valence-corrected chi connectivity index (χ0v) is 11.7. The summed E-state index contributed by atoms with van der Waals surface area (Å²) in [5, 5.41) is 3.56. The molecular weight excluding hydrogens is 206 g/mol. The molecule has 1 heteroatoms. The Hall–Kier alpha value is -1.08. The molecule has 0 fully saturated rings. The summed E-state index contributed by atoms with van der Waals surface area (Å²) in [7, 11) is 0. The van der Waals surface area contributed by atoms with Crippen molar-refractivity contribution in [2.45, 2.75) is 40.2 Å². The highest BCUT2D eigenvalue weighted by Gasteiger charge is 2.11. The summed E-state index contributed by atoms with van der Waals surface area (Å²) in [6.45, 7) is 12.1. The van der Waals surface area contributed by atoms with Crippen LogP contribution in [0, 0.1) is 5.92 Å². The van der Waals surface area contributed by atoms with Crippen molar-refractivity contribution >= 4 is 6.08 Å². The van der Waals surface area contributed by atoms with E-state index in [0.29, 0.717) is 5.92 Å². The fourth-order valence-corrected chi connectivity index (χ4v) is 1.55. The molecule has 1 N–H and O–H groups in total. The zero-order valence-electron chi connectivity index (χ0n) is 11.7. The van der Waals surface area contributed by atoms with Crippen molar-refractivity contribution in [3.8, 4) is 0 Å². The first-order valence-electron chi connectivity index (χ1n) is 6.39. The summed E-state index contributed by atoms with van der Waals surface area (Å²) in [5.74, 6) is 0.574. The van der Waals surface area contributed by atoms with Crippen LogP contribution in [-0.2, 0) is 0 Å². The second-order valence-electron chi connectivity index (χ2n) is 5.89. The lowest BCUT2D eigenvalue weighted by Gasteiger charge is -2.23. The number of nitrogens with one attached hydrogen (secondary N) is 1. The predicted molar refractivity (Wildman–Crippen MR) is 77.0 cm³/mol. The van der Waals surface area contributed by atoms with E-state index >= 15 is 0 Å². The first-order valence-corrected chi connectivity index (χ1v) is 6.39. The fourth-order valence-electron chi connectivity index (χ4n) is 1.55. The third-order valence-corrected chi connectivity index (χ3v) is 2.72. The van der Waals surface area contributed by atoms with Gasteiger partial charge in [-0.3, -0.25) is 0 Å². The highest BCUT2D eigenvalue weighted by atomic mass is 14.9. The van der Waals surface area contributed by atoms with Crippen molar-refractivity contribution in [2.75, 3.05) is 6.54 Å².